The number of benzene rings is 2. The van der Waals surface area contributed by atoms with Gasteiger partial charge in [0.1, 0.15) is 5.82 Å². The average Bonchev–Trinajstić information content (AvgIpc) is 2.62. The van der Waals surface area contributed by atoms with Gasteiger partial charge in [0.2, 0.25) is 0 Å². The fraction of sp³-hybridized carbons (Fsp3) is 0.278. The van der Waals surface area contributed by atoms with Crippen LogP contribution in [0.5, 0.6) is 11.5 Å². The molecule has 134 valence electrons. The number of anilines is 1. The van der Waals surface area contributed by atoms with E-state index in [2.05, 4.69) is 15.6 Å². The number of nitrogens with zero attached hydrogens (tertiary/aromatic N) is 1. The van der Waals surface area contributed by atoms with Crippen LogP contribution < -0.4 is 20.1 Å². The van der Waals surface area contributed by atoms with Crippen molar-refractivity contribution in [3.8, 4) is 11.5 Å². The third kappa shape index (κ3) is 5.26. The summed E-state index contributed by atoms with van der Waals surface area (Å²) in [5.41, 5.74) is 1.65. The summed E-state index contributed by atoms with van der Waals surface area (Å²) in [5.74, 6) is 1.44. The number of halogens is 2. The molecule has 0 fully saturated rings. The first-order chi connectivity index (χ1) is 12.1. The van der Waals surface area contributed by atoms with Crippen LogP contribution >= 0.6 is 11.6 Å². The first kappa shape index (κ1) is 18.9. The Balaban J connectivity index is 2.04. The zero-order chi connectivity index (χ0) is 18.2. The van der Waals surface area contributed by atoms with Gasteiger partial charge in [0, 0.05) is 25.3 Å². The fourth-order valence-corrected chi connectivity index (χ4v) is 2.38. The maximum absolute atomic E-state index is 13.2. The summed E-state index contributed by atoms with van der Waals surface area (Å²) < 4.78 is 24.0. The number of rotatable bonds is 6. The van der Waals surface area contributed by atoms with Gasteiger partial charge in [0.15, 0.2) is 17.5 Å². The third-order valence-electron chi connectivity index (χ3n) is 3.39. The lowest BCUT2D eigenvalue weighted by Crippen LogP contribution is -2.30. The number of nitrogens with one attached hydrogen (secondary N) is 2. The summed E-state index contributed by atoms with van der Waals surface area (Å²) in [4.78, 5) is 4.17. The van der Waals surface area contributed by atoms with E-state index in [-0.39, 0.29) is 5.02 Å². The largest absolute Gasteiger partial charge is 0.493 e. The zero-order valence-electron chi connectivity index (χ0n) is 14.4. The van der Waals surface area contributed by atoms with Crippen molar-refractivity contribution in [2.24, 2.45) is 4.99 Å². The van der Waals surface area contributed by atoms with Crippen LogP contribution in [0.4, 0.5) is 10.1 Å². The number of methoxy groups -OCH3 is 1. The molecule has 2 aromatic rings. The SMILES string of the molecule is CCOc1cc(NC(=NC)NCc2ccc(F)c(Cl)c2)ccc1OC. The van der Waals surface area contributed by atoms with E-state index >= 15 is 0 Å². The molecule has 25 heavy (non-hydrogen) atoms. The number of hydrogen-bond donors (Lipinski definition) is 2. The van der Waals surface area contributed by atoms with Crippen LogP contribution in [-0.4, -0.2) is 26.7 Å². The molecule has 2 rings (SSSR count). The van der Waals surface area contributed by atoms with E-state index in [0.717, 1.165) is 11.3 Å². The summed E-state index contributed by atoms with van der Waals surface area (Å²) in [6, 6.07) is 10.1. The van der Waals surface area contributed by atoms with Gasteiger partial charge in [-0.3, -0.25) is 4.99 Å². The molecule has 0 bridgehead atoms. The number of ether oxygens (including phenoxy) is 2. The highest BCUT2D eigenvalue weighted by atomic mass is 35.5. The van der Waals surface area contributed by atoms with E-state index in [0.29, 0.717) is 30.6 Å². The van der Waals surface area contributed by atoms with Crippen LogP contribution in [0, 0.1) is 5.82 Å². The van der Waals surface area contributed by atoms with E-state index in [1.165, 1.54) is 6.07 Å². The number of guanidine groups is 1. The molecule has 0 saturated heterocycles. The molecule has 0 radical (unpaired) electrons. The van der Waals surface area contributed by atoms with Crippen LogP contribution in [-0.2, 0) is 6.54 Å². The van der Waals surface area contributed by atoms with Crippen molar-refractivity contribution in [2.75, 3.05) is 26.1 Å². The standard InChI is InChI=1S/C18H21ClFN3O2/c1-4-25-17-10-13(6-8-16(17)24-3)23-18(21-2)22-11-12-5-7-15(20)14(19)9-12/h5-10H,4,11H2,1-3H3,(H2,21,22,23). The second-order valence-electron chi connectivity index (χ2n) is 5.10. The molecule has 0 amide bonds. The predicted molar refractivity (Wildman–Crippen MR) is 99.4 cm³/mol. The smallest absolute Gasteiger partial charge is 0.195 e. The Kier molecular flexibility index (Phi) is 6.89. The molecular weight excluding hydrogens is 345 g/mol. The second-order valence-corrected chi connectivity index (χ2v) is 5.51. The molecule has 0 saturated carbocycles. The van der Waals surface area contributed by atoms with Gasteiger partial charge in [-0.05, 0) is 36.8 Å². The molecule has 0 unspecified atom stereocenters. The molecule has 0 heterocycles. The normalized spacial score (nSPS) is 11.2. The van der Waals surface area contributed by atoms with Gasteiger partial charge in [-0.1, -0.05) is 17.7 Å². The molecule has 2 aromatic carbocycles. The molecule has 0 aliphatic rings. The van der Waals surface area contributed by atoms with Gasteiger partial charge in [-0.15, -0.1) is 0 Å². The van der Waals surface area contributed by atoms with E-state index < -0.39 is 5.82 Å². The van der Waals surface area contributed by atoms with Crippen LogP contribution in [0.3, 0.4) is 0 Å². The molecule has 7 heteroatoms. The van der Waals surface area contributed by atoms with Crippen molar-refractivity contribution >= 4 is 23.2 Å². The Hall–Kier alpha value is -2.47. The Bertz CT molecular complexity index is 753. The van der Waals surface area contributed by atoms with Gasteiger partial charge in [0.05, 0.1) is 18.7 Å². The first-order valence-corrected chi connectivity index (χ1v) is 8.17. The summed E-state index contributed by atoms with van der Waals surface area (Å²) in [7, 11) is 3.26. The molecule has 0 atom stereocenters. The first-order valence-electron chi connectivity index (χ1n) is 7.79. The molecule has 0 aromatic heterocycles. The lowest BCUT2D eigenvalue weighted by molar-refractivity contribution is 0.311. The highest BCUT2D eigenvalue weighted by Crippen LogP contribution is 2.30. The summed E-state index contributed by atoms with van der Waals surface area (Å²) in [6.07, 6.45) is 0. The maximum Gasteiger partial charge on any atom is 0.195 e. The Labute approximate surface area is 151 Å². The minimum absolute atomic E-state index is 0.0961. The van der Waals surface area contributed by atoms with Crippen LogP contribution in [0.1, 0.15) is 12.5 Å². The third-order valence-corrected chi connectivity index (χ3v) is 3.68. The van der Waals surface area contributed by atoms with Crippen LogP contribution in [0.25, 0.3) is 0 Å². The van der Waals surface area contributed by atoms with E-state index in [9.17, 15) is 4.39 Å². The lowest BCUT2D eigenvalue weighted by atomic mass is 10.2. The lowest BCUT2D eigenvalue weighted by Gasteiger charge is -2.15. The van der Waals surface area contributed by atoms with Gasteiger partial charge in [0.25, 0.3) is 0 Å². The van der Waals surface area contributed by atoms with Crippen molar-refractivity contribution in [1.29, 1.82) is 0 Å². The van der Waals surface area contributed by atoms with Gasteiger partial charge >= 0.3 is 0 Å². The van der Waals surface area contributed by atoms with Crippen molar-refractivity contribution < 1.29 is 13.9 Å². The summed E-state index contributed by atoms with van der Waals surface area (Å²) in [5, 5.41) is 6.41. The Morgan fingerprint density at radius 2 is 2.00 bits per heavy atom. The Morgan fingerprint density at radius 1 is 1.20 bits per heavy atom. The van der Waals surface area contributed by atoms with Crippen LogP contribution in [0.15, 0.2) is 41.4 Å². The summed E-state index contributed by atoms with van der Waals surface area (Å²) in [6.45, 7) is 2.90. The second kappa shape index (κ2) is 9.13. The minimum atomic E-state index is -0.436. The van der Waals surface area contributed by atoms with Crippen molar-refractivity contribution in [3.63, 3.8) is 0 Å². The molecule has 0 aliphatic carbocycles. The van der Waals surface area contributed by atoms with Crippen molar-refractivity contribution in [2.45, 2.75) is 13.5 Å². The molecular formula is C18H21ClFN3O2. The zero-order valence-corrected chi connectivity index (χ0v) is 15.2. The minimum Gasteiger partial charge on any atom is -0.493 e. The number of hydrogen-bond acceptors (Lipinski definition) is 3. The van der Waals surface area contributed by atoms with Gasteiger partial charge in [-0.2, -0.15) is 0 Å². The molecule has 0 aliphatic heterocycles. The van der Waals surface area contributed by atoms with Gasteiger partial charge < -0.3 is 20.1 Å². The molecule has 2 N–H and O–H groups in total. The fourth-order valence-electron chi connectivity index (χ4n) is 2.17. The quantitative estimate of drug-likeness (QED) is 0.598. The van der Waals surface area contributed by atoms with E-state index in [4.69, 9.17) is 21.1 Å². The predicted octanol–water partition coefficient (Wildman–Crippen LogP) is 4.07. The number of aliphatic imine (C=N–C) groups is 1. The Morgan fingerprint density at radius 3 is 2.64 bits per heavy atom. The maximum atomic E-state index is 13.2. The summed E-state index contributed by atoms with van der Waals surface area (Å²) >= 11 is 5.79. The van der Waals surface area contributed by atoms with Crippen LogP contribution in [0.2, 0.25) is 5.02 Å². The van der Waals surface area contributed by atoms with Gasteiger partial charge in [-0.25, -0.2) is 4.39 Å². The topological polar surface area (TPSA) is 54.9 Å². The average molecular weight is 366 g/mol. The van der Waals surface area contributed by atoms with E-state index in [1.807, 2.05) is 25.1 Å². The highest BCUT2D eigenvalue weighted by Gasteiger charge is 2.07. The van der Waals surface area contributed by atoms with Crippen molar-refractivity contribution in [1.82, 2.24) is 5.32 Å². The molecule has 5 nitrogen and oxygen atoms in total. The monoisotopic (exact) mass is 365 g/mol. The highest BCUT2D eigenvalue weighted by molar-refractivity contribution is 6.30. The molecule has 0 spiro atoms. The van der Waals surface area contributed by atoms with Crippen molar-refractivity contribution in [3.05, 3.63) is 52.8 Å². The van der Waals surface area contributed by atoms with E-state index in [1.54, 1.807) is 26.3 Å².